The van der Waals surface area contributed by atoms with Gasteiger partial charge in [0.15, 0.2) is 0 Å². The quantitative estimate of drug-likeness (QED) is 0.181. The van der Waals surface area contributed by atoms with Crippen molar-refractivity contribution in [2.24, 2.45) is 0 Å². The third-order valence-corrected chi connectivity index (χ3v) is 5.21. The molecule has 32 heavy (non-hydrogen) atoms. The summed E-state index contributed by atoms with van der Waals surface area (Å²) < 4.78 is 0. The van der Waals surface area contributed by atoms with E-state index in [0.29, 0.717) is 22.7 Å². The SMILES string of the molecule is Nc1ccc(Nc2ccc(Nc3cc4nc5ccccc5nc4cc3N)cc2N)cc1N. The summed E-state index contributed by atoms with van der Waals surface area (Å²) >= 11 is 0. The van der Waals surface area contributed by atoms with Gasteiger partial charge in [-0.3, -0.25) is 0 Å². The topological polar surface area (TPSA) is 154 Å². The molecule has 0 atom stereocenters. The highest BCUT2D eigenvalue weighted by Crippen LogP contribution is 2.32. The van der Waals surface area contributed by atoms with E-state index in [2.05, 4.69) is 15.6 Å². The summed E-state index contributed by atoms with van der Waals surface area (Å²) in [5.41, 5.74) is 32.6. The first kappa shape index (κ1) is 19.3. The molecule has 0 aliphatic heterocycles. The van der Waals surface area contributed by atoms with Gasteiger partial charge in [-0.25, -0.2) is 9.97 Å². The molecule has 0 spiro atoms. The first-order chi connectivity index (χ1) is 15.5. The van der Waals surface area contributed by atoms with Crippen LogP contribution in [-0.4, -0.2) is 9.97 Å². The highest BCUT2D eigenvalue weighted by atomic mass is 14.9. The van der Waals surface area contributed by atoms with Crippen molar-refractivity contribution in [1.29, 1.82) is 0 Å². The Balaban J connectivity index is 1.43. The Morgan fingerprint density at radius 1 is 0.469 bits per heavy atom. The lowest BCUT2D eigenvalue weighted by Gasteiger charge is -2.14. The number of anilines is 8. The third kappa shape index (κ3) is 3.61. The smallest absolute Gasteiger partial charge is 0.0916 e. The highest BCUT2D eigenvalue weighted by molar-refractivity contribution is 5.93. The van der Waals surface area contributed by atoms with E-state index in [-0.39, 0.29) is 0 Å². The predicted molar refractivity (Wildman–Crippen MR) is 134 cm³/mol. The fourth-order valence-electron chi connectivity index (χ4n) is 3.51. The van der Waals surface area contributed by atoms with Gasteiger partial charge >= 0.3 is 0 Å². The van der Waals surface area contributed by atoms with Crippen LogP contribution >= 0.6 is 0 Å². The molecule has 8 heteroatoms. The second-order valence-electron chi connectivity index (χ2n) is 7.54. The molecule has 0 fully saturated rings. The zero-order valence-corrected chi connectivity index (χ0v) is 17.1. The number of nitrogens with two attached hydrogens (primary N) is 4. The lowest BCUT2D eigenvalue weighted by molar-refractivity contribution is 1.39. The summed E-state index contributed by atoms with van der Waals surface area (Å²) in [5, 5.41) is 6.58. The Kier molecular flexibility index (Phi) is 4.52. The van der Waals surface area contributed by atoms with E-state index in [1.807, 2.05) is 60.7 Å². The van der Waals surface area contributed by atoms with Crippen molar-refractivity contribution >= 4 is 67.6 Å². The molecule has 5 rings (SSSR count). The number of hydrogen-bond donors (Lipinski definition) is 6. The number of rotatable bonds is 4. The Hall–Kier alpha value is -4.72. The van der Waals surface area contributed by atoms with Crippen molar-refractivity contribution in [3.8, 4) is 0 Å². The summed E-state index contributed by atoms with van der Waals surface area (Å²) in [4.78, 5) is 9.35. The van der Waals surface area contributed by atoms with Crippen molar-refractivity contribution in [3.63, 3.8) is 0 Å². The van der Waals surface area contributed by atoms with E-state index in [9.17, 15) is 0 Å². The molecule has 0 radical (unpaired) electrons. The van der Waals surface area contributed by atoms with E-state index in [1.54, 1.807) is 12.1 Å². The second-order valence-corrected chi connectivity index (χ2v) is 7.54. The Labute approximate surface area is 184 Å². The largest absolute Gasteiger partial charge is 0.397 e. The van der Waals surface area contributed by atoms with Crippen molar-refractivity contribution < 1.29 is 0 Å². The first-order valence-electron chi connectivity index (χ1n) is 10.0. The maximum absolute atomic E-state index is 6.28. The van der Waals surface area contributed by atoms with Crippen LogP contribution in [0.1, 0.15) is 0 Å². The summed E-state index contributed by atoms with van der Waals surface area (Å²) in [5.74, 6) is 0. The van der Waals surface area contributed by atoms with Crippen LogP contribution in [0.4, 0.5) is 45.5 Å². The molecule has 158 valence electrons. The number of aromatic nitrogens is 2. The van der Waals surface area contributed by atoms with E-state index in [1.165, 1.54) is 0 Å². The maximum Gasteiger partial charge on any atom is 0.0916 e. The molecular weight excluding hydrogens is 400 g/mol. The number of benzene rings is 4. The number of fused-ring (bicyclic) bond motifs is 2. The first-order valence-corrected chi connectivity index (χ1v) is 10.0. The summed E-state index contributed by atoms with van der Waals surface area (Å²) in [6.07, 6.45) is 0. The number of nitrogens with one attached hydrogen (secondary N) is 2. The number of nitrogen functional groups attached to an aromatic ring is 4. The van der Waals surface area contributed by atoms with Crippen LogP contribution in [0.15, 0.2) is 72.8 Å². The van der Waals surface area contributed by atoms with Crippen molar-refractivity contribution in [2.45, 2.75) is 0 Å². The molecule has 0 aliphatic rings. The third-order valence-electron chi connectivity index (χ3n) is 5.21. The van der Waals surface area contributed by atoms with Gasteiger partial charge in [-0.1, -0.05) is 12.1 Å². The van der Waals surface area contributed by atoms with Crippen LogP contribution in [0.5, 0.6) is 0 Å². The van der Waals surface area contributed by atoms with Crippen LogP contribution < -0.4 is 33.6 Å². The fourth-order valence-corrected chi connectivity index (χ4v) is 3.51. The van der Waals surface area contributed by atoms with Gasteiger partial charge in [0, 0.05) is 11.4 Å². The number of hydrogen-bond acceptors (Lipinski definition) is 8. The molecule has 0 bridgehead atoms. The van der Waals surface area contributed by atoms with Crippen molar-refractivity contribution in [2.75, 3.05) is 33.6 Å². The number of nitrogens with zero attached hydrogens (tertiary/aromatic N) is 2. The molecule has 8 nitrogen and oxygen atoms in total. The van der Waals surface area contributed by atoms with Crippen LogP contribution in [0.2, 0.25) is 0 Å². The molecule has 0 aliphatic carbocycles. The molecule has 0 saturated heterocycles. The van der Waals surface area contributed by atoms with Gasteiger partial charge in [-0.2, -0.15) is 0 Å². The van der Waals surface area contributed by atoms with Gasteiger partial charge in [-0.05, 0) is 60.7 Å². The van der Waals surface area contributed by atoms with Crippen LogP contribution in [0.25, 0.3) is 22.1 Å². The van der Waals surface area contributed by atoms with Gasteiger partial charge in [0.2, 0.25) is 0 Å². The average Bonchev–Trinajstić information content (AvgIpc) is 2.77. The van der Waals surface area contributed by atoms with Gasteiger partial charge in [0.25, 0.3) is 0 Å². The summed E-state index contributed by atoms with van der Waals surface area (Å²) in [6, 6.07) is 22.4. The van der Waals surface area contributed by atoms with Gasteiger partial charge in [0.05, 0.1) is 56.2 Å². The van der Waals surface area contributed by atoms with Gasteiger partial charge < -0.3 is 33.6 Å². The molecule has 4 aromatic carbocycles. The maximum atomic E-state index is 6.28. The van der Waals surface area contributed by atoms with E-state index in [4.69, 9.17) is 27.9 Å². The van der Waals surface area contributed by atoms with Crippen molar-refractivity contribution in [1.82, 2.24) is 9.97 Å². The molecule has 0 amide bonds. The van der Waals surface area contributed by atoms with E-state index < -0.39 is 0 Å². The van der Waals surface area contributed by atoms with E-state index in [0.717, 1.165) is 44.8 Å². The minimum atomic E-state index is 0.509. The van der Waals surface area contributed by atoms with E-state index >= 15 is 0 Å². The molecule has 1 heterocycles. The Bertz CT molecular complexity index is 1480. The molecule has 0 saturated carbocycles. The van der Waals surface area contributed by atoms with Gasteiger partial charge in [0.1, 0.15) is 0 Å². The zero-order valence-electron chi connectivity index (χ0n) is 17.1. The van der Waals surface area contributed by atoms with Crippen LogP contribution in [0.3, 0.4) is 0 Å². The molecule has 0 unspecified atom stereocenters. The summed E-state index contributed by atoms with van der Waals surface area (Å²) in [7, 11) is 0. The van der Waals surface area contributed by atoms with Crippen molar-refractivity contribution in [3.05, 3.63) is 72.8 Å². The predicted octanol–water partition coefficient (Wildman–Crippen LogP) is 4.60. The van der Waals surface area contributed by atoms with Gasteiger partial charge in [-0.15, -0.1) is 0 Å². The Morgan fingerprint density at radius 3 is 1.69 bits per heavy atom. The average molecular weight is 422 g/mol. The molecular formula is C24H22N8. The standard InChI is InChI=1S/C24H22N8/c25-15-7-5-13(9-16(15)26)29-19-8-6-14(10-17(19)27)30-22-12-24-23(11-18(22)28)31-20-3-1-2-4-21(20)32-24/h1-12,29-30H,25-28H2. The monoisotopic (exact) mass is 422 g/mol. The Morgan fingerprint density at radius 2 is 1.03 bits per heavy atom. The minimum Gasteiger partial charge on any atom is -0.397 e. The lowest BCUT2D eigenvalue weighted by Crippen LogP contribution is -2.01. The van der Waals surface area contributed by atoms with Crippen LogP contribution in [0, 0.1) is 0 Å². The number of para-hydroxylation sites is 2. The fraction of sp³-hybridized carbons (Fsp3) is 0. The lowest BCUT2D eigenvalue weighted by atomic mass is 10.2. The second kappa shape index (κ2) is 7.51. The molecule has 1 aromatic heterocycles. The molecule has 10 N–H and O–H groups in total. The van der Waals surface area contributed by atoms with Crippen LogP contribution in [-0.2, 0) is 0 Å². The highest BCUT2D eigenvalue weighted by Gasteiger charge is 2.09. The molecule has 5 aromatic rings. The zero-order chi connectivity index (χ0) is 22.2. The normalized spacial score (nSPS) is 11.0. The minimum absolute atomic E-state index is 0.509. The summed E-state index contributed by atoms with van der Waals surface area (Å²) in [6.45, 7) is 0.